The Balaban J connectivity index is 1.51. The summed E-state index contributed by atoms with van der Waals surface area (Å²) >= 11 is 3.34. The summed E-state index contributed by atoms with van der Waals surface area (Å²) in [6.07, 6.45) is 3.45. The zero-order chi connectivity index (χ0) is 16.1. The summed E-state index contributed by atoms with van der Waals surface area (Å²) in [5.41, 5.74) is 0.927. The van der Waals surface area contributed by atoms with E-state index in [1.165, 1.54) is 4.21 Å². The first kappa shape index (κ1) is 15.6. The van der Waals surface area contributed by atoms with E-state index in [1.54, 1.807) is 46.2 Å². The van der Waals surface area contributed by atoms with Crippen LogP contribution in [0, 0.1) is 0 Å². The van der Waals surface area contributed by atoms with Gasteiger partial charge in [0.15, 0.2) is 0 Å². The normalized spacial score (nSPS) is 10.5. The van der Waals surface area contributed by atoms with Gasteiger partial charge in [-0.25, -0.2) is 9.78 Å². The van der Waals surface area contributed by atoms with Crippen LogP contribution >= 0.6 is 23.1 Å². The lowest BCUT2D eigenvalue weighted by molar-refractivity contribution is 0.251. The van der Waals surface area contributed by atoms with Crippen molar-refractivity contribution < 1.29 is 4.79 Å². The summed E-state index contributed by atoms with van der Waals surface area (Å²) in [6, 6.07) is 9.37. The summed E-state index contributed by atoms with van der Waals surface area (Å²) in [4.78, 5) is 17.2. The van der Waals surface area contributed by atoms with Crippen molar-refractivity contribution in [3.8, 4) is 0 Å². The smallest absolute Gasteiger partial charge is 0.320 e. The summed E-state index contributed by atoms with van der Waals surface area (Å²) in [6.45, 7) is 0.411. The maximum absolute atomic E-state index is 11.9. The molecule has 0 fully saturated rings. The van der Waals surface area contributed by atoms with Gasteiger partial charge in [0.05, 0.1) is 16.4 Å². The van der Waals surface area contributed by atoms with Gasteiger partial charge >= 0.3 is 6.03 Å². The van der Waals surface area contributed by atoms with Gasteiger partial charge in [-0.05, 0) is 29.6 Å². The van der Waals surface area contributed by atoms with E-state index in [2.05, 4.69) is 26.8 Å². The van der Waals surface area contributed by atoms with Crippen molar-refractivity contribution in [2.24, 2.45) is 7.05 Å². The number of urea groups is 1. The third kappa shape index (κ3) is 4.33. The fraction of sp³-hybridized carbons (Fsp3) is 0.133. The molecule has 118 valence electrons. The summed E-state index contributed by atoms with van der Waals surface area (Å²) < 4.78 is 2.93. The SMILES string of the molecule is Cn1nccc1CNC(=O)Nc1ccc(Sc2cccs2)cn1. The van der Waals surface area contributed by atoms with Crippen LogP contribution in [0.3, 0.4) is 0 Å². The standard InChI is InChI=1S/C15H15N5OS2/c1-20-11(6-7-18-20)9-17-15(21)19-13-5-4-12(10-16-13)23-14-3-2-8-22-14/h2-8,10H,9H2,1H3,(H2,16,17,19,21). The molecule has 0 spiro atoms. The third-order valence-electron chi connectivity index (χ3n) is 3.04. The molecule has 0 unspecified atom stereocenters. The highest BCUT2D eigenvalue weighted by molar-refractivity contribution is 8.01. The van der Waals surface area contributed by atoms with E-state index < -0.39 is 0 Å². The number of anilines is 1. The van der Waals surface area contributed by atoms with E-state index in [0.29, 0.717) is 12.4 Å². The van der Waals surface area contributed by atoms with Crippen LogP contribution in [0.1, 0.15) is 5.69 Å². The predicted molar refractivity (Wildman–Crippen MR) is 91.7 cm³/mol. The molecule has 0 aliphatic heterocycles. The Morgan fingerprint density at radius 2 is 2.26 bits per heavy atom. The molecule has 23 heavy (non-hydrogen) atoms. The van der Waals surface area contributed by atoms with Crippen molar-refractivity contribution in [2.45, 2.75) is 15.6 Å². The number of pyridine rings is 1. The van der Waals surface area contributed by atoms with E-state index in [4.69, 9.17) is 0 Å². The molecule has 3 aromatic heterocycles. The third-order valence-corrected chi connectivity index (χ3v) is 5.06. The van der Waals surface area contributed by atoms with Crippen LogP contribution < -0.4 is 10.6 Å². The van der Waals surface area contributed by atoms with Crippen molar-refractivity contribution in [1.29, 1.82) is 0 Å². The Bertz CT molecular complexity index is 768. The maximum Gasteiger partial charge on any atom is 0.320 e. The molecular formula is C15H15N5OS2. The molecule has 0 bridgehead atoms. The molecule has 0 radical (unpaired) electrons. The van der Waals surface area contributed by atoms with Crippen LogP contribution in [0.2, 0.25) is 0 Å². The molecule has 0 saturated carbocycles. The second-order valence-electron chi connectivity index (χ2n) is 4.67. The number of amides is 2. The first-order valence-electron chi connectivity index (χ1n) is 6.90. The molecule has 0 saturated heterocycles. The fourth-order valence-electron chi connectivity index (χ4n) is 1.86. The highest BCUT2D eigenvalue weighted by Crippen LogP contribution is 2.30. The van der Waals surface area contributed by atoms with Crippen LogP contribution in [-0.2, 0) is 13.6 Å². The van der Waals surface area contributed by atoms with Crippen LogP contribution in [0.4, 0.5) is 10.6 Å². The minimum Gasteiger partial charge on any atom is -0.332 e. The number of carbonyl (C=O) groups excluding carboxylic acids is 1. The van der Waals surface area contributed by atoms with Gasteiger partial charge in [-0.15, -0.1) is 11.3 Å². The molecule has 2 N–H and O–H groups in total. The minimum absolute atomic E-state index is 0.294. The van der Waals surface area contributed by atoms with E-state index in [1.807, 2.05) is 30.6 Å². The number of aryl methyl sites for hydroxylation is 1. The Morgan fingerprint density at radius 3 is 2.91 bits per heavy atom. The van der Waals surface area contributed by atoms with E-state index >= 15 is 0 Å². The first-order chi connectivity index (χ1) is 11.2. The average molecular weight is 345 g/mol. The number of aromatic nitrogens is 3. The zero-order valence-electron chi connectivity index (χ0n) is 12.4. The molecule has 0 aromatic carbocycles. The van der Waals surface area contributed by atoms with Crippen molar-refractivity contribution in [1.82, 2.24) is 20.1 Å². The number of nitrogens with one attached hydrogen (secondary N) is 2. The van der Waals surface area contributed by atoms with Gasteiger partial charge in [0.25, 0.3) is 0 Å². The Kier molecular flexibility index (Phi) is 4.94. The summed E-state index contributed by atoms with van der Waals surface area (Å²) in [7, 11) is 1.83. The Labute approximate surface area is 141 Å². The molecule has 3 rings (SSSR count). The summed E-state index contributed by atoms with van der Waals surface area (Å²) in [5, 5.41) is 11.6. The number of hydrogen-bond donors (Lipinski definition) is 2. The molecule has 0 atom stereocenters. The van der Waals surface area contributed by atoms with Crippen LogP contribution in [0.15, 0.2) is 57.2 Å². The number of thiophene rings is 1. The quantitative estimate of drug-likeness (QED) is 0.744. The highest BCUT2D eigenvalue weighted by atomic mass is 32.2. The van der Waals surface area contributed by atoms with Crippen molar-refractivity contribution >= 4 is 34.9 Å². The Hall–Kier alpha value is -2.32. The van der Waals surface area contributed by atoms with Crippen molar-refractivity contribution in [2.75, 3.05) is 5.32 Å². The van der Waals surface area contributed by atoms with Crippen LogP contribution in [0.5, 0.6) is 0 Å². The second-order valence-corrected chi connectivity index (χ2v) is 6.99. The molecule has 8 heteroatoms. The van der Waals surface area contributed by atoms with Gasteiger partial charge in [-0.2, -0.15) is 5.10 Å². The predicted octanol–water partition coefficient (Wildman–Crippen LogP) is 3.35. The van der Waals surface area contributed by atoms with E-state index in [9.17, 15) is 4.79 Å². The van der Waals surface area contributed by atoms with Crippen LogP contribution in [-0.4, -0.2) is 20.8 Å². The second kappa shape index (κ2) is 7.30. The molecule has 3 heterocycles. The van der Waals surface area contributed by atoms with Gasteiger partial charge in [0.2, 0.25) is 0 Å². The molecule has 6 nitrogen and oxygen atoms in total. The Morgan fingerprint density at radius 1 is 1.35 bits per heavy atom. The van der Waals surface area contributed by atoms with Crippen molar-refractivity contribution in [3.05, 3.63) is 53.8 Å². The highest BCUT2D eigenvalue weighted by Gasteiger charge is 2.05. The van der Waals surface area contributed by atoms with E-state index in [0.717, 1.165) is 10.6 Å². The monoisotopic (exact) mass is 345 g/mol. The lowest BCUT2D eigenvalue weighted by atomic mass is 10.4. The fourth-order valence-corrected chi connectivity index (χ4v) is 3.58. The topological polar surface area (TPSA) is 71.8 Å². The lowest BCUT2D eigenvalue weighted by Crippen LogP contribution is -2.29. The zero-order valence-corrected chi connectivity index (χ0v) is 14.0. The van der Waals surface area contributed by atoms with Gasteiger partial charge in [0, 0.05) is 24.3 Å². The minimum atomic E-state index is -0.294. The number of rotatable bonds is 5. The average Bonchev–Trinajstić information content (AvgIpc) is 3.19. The molecular weight excluding hydrogens is 330 g/mol. The molecule has 0 aliphatic rings. The number of carbonyl (C=O) groups is 1. The van der Waals surface area contributed by atoms with Gasteiger partial charge < -0.3 is 5.32 Å². The largest absolute Gasteiger partial charge is 0.332 e. The molecule has 3 aromatic rings. The summed E-state index contributed by atoms with van der Waals surface area (Å²) in [5.74, 6) is 0.517. The van der Waals surface area contributed by atoms with Gasteiger partial charge in [-0.3, -0.25) is 10.00 Å². The lowest BCUT2D eigenvalue weighted by Gasteiger charge is -2.07. The number of nitrogens with zero attached hydrogens (tertiary/aromatic N) is 3. The molecule has 0 aliphatic carbocycles. The van der Waals surface area contributed by atoms with Gasteiger partial charge in [0.1, 0.15) is 5.82 Å². The molecule has 2 amide bonds. The van der Waals surface area contributed by atoms with Crippen LogP contribution in [0.25, 0.3) is 0 Å². The van der Waals surface area contributed by atoms with Crippen molar-refractivity contribution in [3.63, 3.8) is 0 Å². The number of hydrogen-bond acceptors (Lipinski definition) is 5. The van der Waals surface area contributed by atoms with E-state index in [-0.39, 0.29) is 6.03 Å². The maximum atomic E-state index is 11.9. The van der Waals surface area contributed by atoms with Gasteiger partial charge in [-0.1, -0.05) is 17.8 Å². The first-order valence-corrected chi connectivity index (χ1v) is 8.59.